The van der Waals surface area contributed by atoms with Crippen LogP contribution in [0.3, 0.4) is 0 Å². The first kappa shape index (κ1) is 21.5. The molecule has 1 nitrogen and oxygen atoms in total. The van der Waals surface area contributed by atoms with E-state index >= 15 is 0 Å². The predicted octanol–water partition coefficient (Wildman–Crippen LogP) is 7.64. The molecule has 0 spiro atoms. The Morgan fingerprint density at radius 1 is 1.04 bits per heavy atom. The summed E-state index contributed by atoms with van der Waals surface area (Å²) < 4.78 is 6.07. The Labute approximate surface area is 163 Å². The first-order chi connectivity index (χ1) is 12.8. The lowest BCUT2D eigenvalue weighted by atomic mass is 9.76. The van der Waals surface area contributed by atoms with Gasteiger partial charge in [0.05, 0.1) is 6.61 Å². The molecule has 1 heteroatoms. The van der Waals surface area contributed by atoms with Gasteiger partial charge in [0.2, 0.25) is 0 Å². The van der Waals surface area contributed by atoms with Crippen molar-refractivity contribution in [3.8, 4) is 0 Å². The number of hydrogen-bond donors (Lipinski definition) is 0. The predicted molar refractivity (Wildman–Crippen MR) is 114 cm³/mol. The van der Waals surface area contributed by atoms with Gasteiger partial charge >= 0.3 is 0 Å². The van der Waals surface area contributed by atoms with Crippen LogP contribution >= 0.6 is 0 Å². The molecular formula is C25H42O. The van der Waals surface area contributed by atoms with E-state index in [4.69, 9.17) is 4.74 Å². The highest BCUT2D eigenvalue weighted by Crippen LogP contribution is 2.37. The number of ether oxygens (including phenoxy) is 1. The topological polar surface area (TPSA) is 9.23 Å². The smallest absolute Gasteiger partial charge is 0.0560 e. The molecule has 0 saturated heterocycles. The molecule has 2 rings (SSSR count). The van der Waals surface area contributed by atoms with Gasteiger partial charge in [-0.2, -0.15) is 0 Å². The van der Waals surface area contributed by atoms with Crippen LogP contribution in [-0.2, 0) is 4.74 Å². The Kier molecular flexibility index (Phi) is 10.4. The minimum atomic E-state index is 0.266. The van der Waals surface area contributed by atoms with Gasteiger partial charge in [-0.1, -0.05) is 82.2 Å². The summed E-state index contributed by atoms with van der Waals surface area (Å²) in [5, 5.41) is 0. The molecule has 0 bridgehead atoms. The Morgan fingerprint density at radius 3 is 2.54 bits per heavy atom. The zero-order chi connectivity index (χ0) is 18.5. The molecule has 0 heterocycles. The van der Waals surface area contributed by atoms with E-state index in [9.17, 15) is 0 Å². The lowest BCUT2D eigenvalue weighted by Crippen LogP contribution is -2.26. The van der Waals surface area contributed by atoms with Crippen molar-refractivity contribution in [1.82, 2.24) is 0 Å². The second-order valence-corrected chi connectivity index (χ2v) is 8.77. The van der Waals surface area contributed by atoms with Crippen LogP contribution in [0.25, 0.3) is 0 Å². The standard InChI is InChI=1S/C25H42O/c1-3-5-11-21-26-22-25(18-8-6-9-19-25)20-10-7-13-24-16-14-23(12-4-2)15-17-24/h4,6,8-9,18,23-24H,2-3,5,7,10-17,19-22H2,1H3. The molecule has 0 aromatic rings. The second-order valence-electron chi connectivity index (χ2n) is 8.77. The fourth-order valence-corrected chi connectivity index (χ4v) is 4.70. The van der Waals surface area contributed by atoms with Crippen molar-refractivity contribution in [3.05, 3.63) is 37.0 Å². The lowest BCUT2D eigenvalue weighted by Gasteiger charge is -2.32. The van der Waals surface area contributed by atoms with Crippen molar-refractivity contribution in [2.75, 3.05) is 13.2 Å². The highest BCUT2D eigenvalue weighted by molar-refractivity contribution is 5.16. The number of allylic oxidation sites excluding steroid dienone is 4. The molecule has 1 fully saturated rings. The zero-order valence-corrected chi connectivity index (χ0v) is 17.3. The molecule has 0 radical (unpaired) electrons. The van der Waals surface area contributed by atoms with Gasteiger partial charge in [-0.3, -0.25) is 0 Å². The van der Waals surface area contributed by atoms with Gasteiger partial charge in [0.1, 0.15) is 0 Å². The summed E-state index contributed by atoms with van der Waals surface area (Å²) in [7, 11) is 0. The summed E-state index contributed by atoms with van der Waals surface area (Å²) in [6.07, 6.45) is 28.7. The van der Waals surface area contributed by atoms with Crippen LogP contribution in [0.5, 0.6) is 0 Å². The Hall–Kier alpha value is -0.820. The van der Waals surface area contributed by atoms with Gasteiger partial charge in [0, 0.05) is 12.0 Å². The van der Waals surface area contributed by atoms with Crippen LogP contribution < -0.4 is 0 Å². The van der Waals surface area contributed by atoms with Crippen LogP contribution in [0.2, 0.25) is 0 Å². The van der Waals surface area contributed by atoms with Crippen molar-refractivity contribution in [1.29, 1.82) is 0 Å². The van der Waals surface area contributed by atoms with E-state index in [1.54, 1.807) is 0 Å². The molecule has 2 aliphatic carbocycles. The van der Waals surface area contributed by atoms with E-state index in [0.717, 1.165) is 31.5 Å². The Morgan fingerprint density at radius 2 is 1.85 bits per heavy atom. The fourth-order valence-electron chi connectivity index (χ4n) is 4.70. The monoisotopic (exact) mass is 358 g/mol. The van der Waals surface area contributed by atoms with E-state index in [1.165, 1.54) is 77.0 Å². The average molecular weight is 359 g/mol. The largest absolute Gasteiger partial charge is 0.381 e. The highest BCUT2D eigenvalue weighted by atomic mass is 16.5. The van der Waals surface area contributed by atoms with Crippen LogP contribution in [0.1, 0.15) is 90.4 Å². The summed E-state index contributed by atoms with van der Waals surface area (Å²) >= 11 is 0. The molecule has 2 aliphatic rings. The third-order valence-electron chi connectivity index (χ3n) is 6.51. The average Bonchev–Trinajstić information content (AvgIpc) is 2.67. The van der Waals surface area contributed by atoms with Gasteiger partial charge in [0.25, 0.3) is 0 Å². The molecular weight excluding hydrogens is 316 g/mol. The maximum absolute atomic E-state index is 6.07. The normalized spacial score (nSPS) is 28.3. The lowest BCUT2D eigenvalue weighted by molar-refractivity contribution is 0.0600. The minimum Gasteiger partial charge on any atom is -0.381 e. The summed E-state index contributed by atoms with van der Waals surface area (Å²) in [4.78, 5) is 0. The van der Waals surface area contributed by atoms with Crippen LogP contribution in [0.15, 0.2) is 37.0 Å². The molecule has 1 atom stereocenters. The SMILES string of the molecule is C=CCC1CCC(CCCCC2(COCCCCC)C=CC=CC2)CC1. The zero-order valence-electron chi connectivity index (χ0n) is 17.3. The van der Waals surface area contributed by atoms with E-state index in [1.807, 2.05) is 0 Å². The number of rotatable bonds is 13. The van der Waals surface area contributed by atoms with Crippen LogP contribution in [0.4, 0.5) is 0 Å². The van der Waals surface area contributed by atoms with E-state index in [0.29, 0.717) is 0 Å². The molecule has 148 valence electrons. The molecule has 0 N–H and O–H groups in total. The quantitative estimate of drug-likeness (QED) is 0.243. The maximum Gasteiger partial charge on any atom is 0.0560 e. The third kappa shape index (κ3) is 7.82. The summed E-state index contributed by atoms with van der Waals surface area (Å²) in [6, 6.07) is 0. The number of unbranched alkanes of at least 4 members (excludes halogenated alkanes) is 3. The van der Waals surface area contributed by atoms with Gasteiger partial charge < -0.3 is 4.74 Å². The molecule has 1 saturated carbocycles. The fraction of sp³-hybridized carbons (Fsp3) is 0.760. The second kappa shape index (κ2) is 12.5. The number of hydrogen-bond acceptors (Lipinski definition) is 1. The van der Waals surface area contributed by atoms with Gasteiger partial charge in [-0.05, 0) is 50.4 Å². The van der Waals surface area contributed by atoms with E-state index in [2.05, 4.69) is 43.9 Å². The van der Waals surface area contributed by atoms with E-state index in [-0.39, 0.29) is 5.41 Å². The first-order valence-corrected chi connectivity index (χ1v) is 11.3. The summed E-state index contributed by atoms with van der Waals surface area (Å²) in [6.45, 7) is 7.99. The molecule has 0 aliphatic heterocycles. The van der Waals surface area contributed by atoms with Crippen LogP contribution in [0, 0.1) is 17.3 Å². The molecule has 0 aromatic heterocycles. The summed E-state index contributed by atoms with van der Waals surface area (Å²) in [5.74, 6) is 1.91. The molecule has 0 aromatic carbocycles. The first-order valence-electron chi connectivity index (χ1n) is 11.3. The molecule has 0 amide bonds. The van der Waals surface area contributed by atoms with Crippen molar-refractivity contribution in [2.45, 2.75) is 90.4 Å². The van der Waals surface area contributed by atoms with Crippen molar-refractivity contribution in [3.63, 3.8) is 0 Å². The Bertz CT molecular complexity index is 427. The molecule has 26 heavy (non-hydrogen) atoms. The van der Waals surface area contributed by atoms with Crippen molar-refractivity contribution < 1.29 is 4.74 Å². The Balaban J connectivity index is 1.63. The minimum absolute atomic E-state index is 0.266. The van der Waals surface area contributed by atoms with Crippen molar-refractivity contribution in [2.24, 2.45) is 17.3 Å². The van der Waals surface area contributed by atoms with Gasteiger partial charge in [-0.25, -0.2) is 0 Å². The highest BCUT2D eigenvalue weighted by Gasteiger charge is 2.27. The van der Waals surface area contributed by atoms with Gasteiger partial charge in [-0.15, -0.1) is 6.58 Å². The van der Waals surface area contributed by atoms with Crippen molar-refractivity contribution >= 4 is 0 Å². The van der Waals surface area contributed by atoms with Gasteiger partial charge in [0.15, 0.2) is 0 Å². The molecule has 1 unspecified atom stereocenters. The third-order valence-corrected chi connectivity index (χ3v) is 6.51. The maximum atomic E-state index is 6.07. The van der Waals surface area contributed by atoms with E-state index < -0.39 is 0 Å². The van der Waals surface area contributed by atoms with Crippen LogP contribution in [-0.4, -0.2) is 13.2 Å². The summed E-state index contributed by atoms with van der Waals surface area (Å²) in [5.41, 5.74) is 0.266.